The molecule has 2 aromatic rings. The van der Waals surface area contributed by atoms with Crippen LogP contribution in [0.3, 0.4) is 0 Å². The lowest BCUT2D eigenvalue weighted by molar-refractivity contribution is -0.117. The van der Waals surface area contributed by atoms with E-state index in [1.165, 1.54) is 0 Å². The van der Waals surface area contributed by atoms with Crippen molar-refractivity contribution in [1.82, 2.24) is 0 Å². The molecule has 2 amide bonds. The molecule has 6 heteroatoms. The average Bonchev–Trinajstić information content (AvgIpc) is 2.95. The quantitative estimate of drug-likeness (QED) is 0.894. The second-order valence-corrected chi connectivity index (χ2v) is 6.14. The van der Waals surface area contributed by atoms with E-state index in [1.807, 2.05) is 0 Å². The molecule has 118 valence electrons. The van der Waals surface area contributed by atoms with Gasteiger partial charge in [-0.25, -0.2) is 0 Å². The number of nitrogens with one attached hydrogen (secondary N) is 1. The van der Waals surface area contributed by atoms with E-state index in [9.17, 15) is 9.59 Å². The number of hydrogen-bond donors (Lipinski definition) is 1. The molecule has 2 aromatic carbocycles. The van der Waals surface area contributed by atoms with E-state index in [2.05, 4.69) is 5.32 Å². The van der Waals surface area contributed by atoms with E-state index in [0.717, 1.165) is 6.42 Å². The zero-order valence-electron chi connectivity index (χ0n) is 12.2. The van der Waals surface area contributed by atoms with E-state index in [-0.39, 0.29) is 11.8 Å². The molecule has 0 aromatic heterocycles. The molecule has 1 aliphatic rings. The monoisotopic (exact) mass is 348 g/mol. The largest absolute Gasteiger partial charge is 0.322 e. The van der Waals surface area contributed by atoms with Gasteiger partial charge in [0.25, 0.3) is 5.91 Å². The van der Waals surface area contributed by atoms with E-state index in [0.29, 0.717) is 39.9 Å². The molecule has 1 N–H and O–H groups in total. The molecule has 1 aliphatic heterocycles. The third kappa shape index (κ3) is 3.49. The smallest absolute Gasteiger partial charge is 0.257 e. The highest BCUT2D eigenvalue weighted by atomic mass is 35.5. The molecule has 3 rings (SSSR count). The van der Waals surface area contributed by atoms with Crippen molar-refractivity contribution >= 4 is 46.4 Å². The standard InChI is InChI=1S/C17H14Cl2N2O2/c18-11-3-6-13(7-4-11)20-17(23)14-8-5-12(19)10-15(14)21-9-1-2-16(21)22/h3-8,10H,1-2,9H2,(H,20,23). The Labute approximate surface area is 144 Å². The van der Waals surface area contributed by atoms with Crippen molar-refractivity contribution in [3.05, 3.63) is 58.1 Å². The van der Waals surface area contributed by atoms with Crippen LogP contribution in [0.1, 0.15) is 23.2 Å². The molecule has 1 saturated heterocycles. The van der Waals surface area contributed by atoms with Crippen LogP contribution in [-0.2, 0) is 4.79 Å². The molecule has 0 saturated carbocycles. The summed E-state index contributed by atoms with van der Waals surface area (Å²) in [5.41, 5.74) is 1.60. The number of anilines is 2. The number of carbonyl (C=O) groups is 2. The Balaban J connectivity index is 1.90. The predicted octanol–water partition coefficient (Wildman–Crippen LogP) is 4.37. The van der Waals surface area contributed by atoms with Crippen LogP contribution in [-0.4, -0.2) is 18.4 Å². The highest BCUT2D eigenvalue weighted by Gasteiger charge is 2.26. The number of hydrogen-bond acceptors (Lipinski definition) is 2. The first-order valence-electron chi connectivity index (χ1n) is 7.21. The summed E-state index contributed by atoms with van der Waals surface area (Å²) >= 11 is 11.9. The first kappa shape index (κ1) is 15.8. The van der Waals surface area contributed by atoms with Gasteiger partial charge in [0.1, 0.15) is 0 Å². The maximum atomic E-state index is 12.6. The Bertz CT molecular complexity index is 760. The number of benzene rings is 2. The molecule has 0 aliphatic carbocycles. The third-order valence-corrected chi connectivity index (χ3v) is 4.16. The van der Waals surface area contributed by atoms with Gasteiger partial charge in [0.15, 0.2) is 0 Å². The Morgan fingerprint density at radius 3 is 2.39 bits per heavy atom. The number of rotatable bonds is 3. The van der Waals surface area contributed by atoms with Gasteiger partial charge in [-0.3, -0.25) is 9.59 Å². The molecule has 0 bridgehead atoms. The summed E-state index contributed by atoms with van der Waals surface area (Å²) in [7, 11) is 0. The lowest BCUT2D eigenvalue weighted by Gasteiger charge is -2.19. The first-order chi connectivity index (χ1) is 11.0. The van der Waals surface area contributed by atoms with Gasteiger partial charge in [-0.1, -0.05) is 23.2 Å². The minimum absolute atomic E-state index is 0.00723. The van der Waals surface area contributed by atoms with Gasteiger partial charge in [-0.15, -0.1) is 0 Å². The SMILES string of the molecule is O=C(Nc1ccc(Cl)cc1)c1ccc(Cl)cc1N1CCCC1=O. The summed E-state index contributed by atoms with van der Waals surface area (Å²) in [6, 6.07) is 11.8. The van der Waals surface area contributed by atoms with Crippen LogP contribution >= 0.6 is 23.2 Å². The summed E-state index contributed by atoms with van der Waals surface area (Å²) in [5, 5.41) is 3.89. The minimum atomic E-state index is -0.293. The summed E-state index contributed by atoms with van der Waals surface area (Å²) in [6.07, 6.45) is 1.27. The van der Waals surface area contributed by atoms with Gasteiger partial charge in [0, 0.05) is 28.7 Å². The Morgan fingerprint density at radius 1 is 1.04 bits per heavy atom. The zero-order valence-corrected chi connectivity index (χ0v) is 13.7. The van der Waals surface area contributed by atoms with Gasteiger partial charge in [-0.05, 0) is 48.9 Å². The van der Waals surface area contributed by atoms with Crippen LogP contribution in [0.2, 0.25) is 10.0 Å². The number of nitrogens with zero attached hydrogens (tertiary/aromatic N) is 1. The van der Waals surface area contributed by atoms with Crippen molar-refractivity contribution in [2.75, 3.05) is 16.8 Å². The van der Waals surface area contributed by atoms with Gasteiger partial charge >= 0.3 is 0 Å². The van der Waals surface area contributed by atoms with E-state index in [1.54, 1.807) is 47.4 Å². The first-order valence-corrected chi connectivity index (χ1v) is 7.97. The number of amides is 2. The second-order valence-electron chi connectivity index (χ2n) is 5.27. The third-order valence-electron chi connectivity index (χ3n) is 3.67. The average molecular weight is 349 g/mol. The lowest BCUT2D eigenvalue weighted by Crippen LogP contribution is -2.27. The predicted molar refractivity (Wildman–Crippen MR) is 92.4 cm³/mol. The highest BCUT2D eigenvalue weighted by Crippen LogP contribution is 2.29. The van der Waals surface area contributed by atoms with Crippen LogP contribution < -0.4 is 10.2 Å². The van der Waals surface area contributed by atoms with Crippen LogP contribution in [0.25, 0.3) is 0 Å². The Kier molecular flexibility index (Phi) is 4.55. The molecule has 1 heterocycles. The van der Waals surface area contributed by atoms with Crippen molar-refractivity contribution in [2.24, 2.45) is 0 Å². The summed E-state index contributed by atoms with van der Waals surface area (Å²) in [6.45, 7) is 0.598. The van der Waals surface area contributed by atoms with Crippen molar-refractivity contribution in [1.29, 1.82) is 0 Å². The molecule has 1 fully saturated rings. The van der Waals surface area contributed by atoms with Crippen LogP contribution in [0.15, 0.2) is 42.5 Å². The van der Waals surface area contributed by atoms with Gasteiger partial charge in [-0.2, -0.15) is 0 Å². The molecule has 23 heavy (non-hydrogen) atoms. The van der Waals surface area contributed by atoms with Crippen LogP contribution in [0.5, 0.6) is 0 Å². The molecule has 0 atom stereocenters. The number of halogens is 2. The number of carbonyl (C=O) groups excluding carboxylic acids is 2. The Morgan fingerprint density at radius 2 is 1.74 bits per heavy atom. The summed E-state index contributed by atoms with van der Waals surface area (Å²) < 4.78 is 0. The molecule has 4 nitrogen and oxygen atoms in total. The lowest BCUT2D eigenvalue weighted by atomic mass is 10.1. The molecule has 0 spiro atoms. The van der Waals surface area contributed by atoms with E-state index >= 15 is 0 Å². The fourth-order valence-corrected chi connectivity index (χ4v) is 2.85. The highest BCUT2D eigenvalue weighted by molar-refractivity contribution is 6.31. The fraction of sp³-hybridized carbons (Fsp3) is 0.176. The molecular weight excluding hydrogens is 335 g/mol. The fourth-order valence-electron chi connectivity index (χ4n) is 2.55. The topological polar surface area (TPSA) is 49.4 Å². The van der Waals surface area contributed by atoms with Crippen LogP contribution in [0, 0.1) is 0 Å². The van der Waals surface area contributed by atoms with Crippen LogP contribution in [0.4, 0.5) is 11.4 Å². The maximum absolute atomic E-state index is 12.6. The maximum Gasteiger partial charge on any atom is 0.257 e. The van der Waals surface area contributed by atoms with Gasteiger partial charge in [0.05, 0.1) is 11.3 Å². The zero-order chi connectivity index (χ0) is 16.4. The summed E-state index contributed by atoms with van der Waals surface area (Å²) in [4.78, 5) is 26.2. The van der Waals surface area contributed by atoms with Crippen molar-refractivity contribution in [3.63, 3.8) is 0 Å². The summed E-state index contributed by atoms with van der Waals surface area (Å²) in [5.74, 6) is -0.286. The second kappa shape index (κ2) is 6.60. The molecular formula is C17H14Cl2N2O2. The van der Waals surface area contributed by atoms with Gasteiger partial charge < -0.3 is 10.2 Å². The minimum Gasteiger partial charge on any atom is -0.322 e. The van der Waals surface area contributed by atoms with Crippen molar-refractivity contribution in [3.8, 4) is 0 Å². The van der Waals surface area contributed by atoms with E-state index < -0.39 is 0 Å². The normalized spacial score (nSPS) is 14.2. The molecule has 0 radical (unpaired) electrons. The Hall–Kier alpha value is -2.04. The molecule has 0 unspecified atom stereocenters. The van der Waals surface area contributed by atoms with Gasteiger partial charge in [0.2, 0.25) is 5.91 Å². The van der Waals surface area contributed by atoms with E-state index in [4.69, 9.17) is 23.2 Å². The van der Waals surface area contributed by atoms with Crippen molar-refractivity contribution < 1.29 is 9.59 Å². The van der Waals surface area contributed by atoms with Crippen molar-refractivity contribution in [2.45, 2.75) is 12.8 Å².